The van der Waals surface area contributed by atoms with Gasteiger partial charge >= 0.3 is 11.9 Å². The Morgan fingerprint density at radius 2 is 1.55 bits per heavy atom. The van der Waals surface area contributed by atoms with Gasteiger partial charge in [-0.25, -0.2) is 9.59 Å². The van der Waals surface area contributed by atoms with Crippen molar-refractivity contribution in [3.05, 3.63) is 60.2 Å². The van der Waals surface area contributed by atoms with Gasteiger partial charge in [-0.1, -0.05) is 25.3 Å². The first-order chi connectivity index (χ1) is 9.62. The van der Waals surface area contributed by atoms with Gasteiger partial charge in [0, 0.05) is 12.6 Å². The number of carbonyl (C=O) groups excluding carboxylic acids is 2. The highest BCUT2D eigenvalue weighted by Crippen LogP contribution is 2.12. The van der Waals surface area contributed by atoms with E-state index in [0.29, 0.717) is 5.56 Å². The normalized spacial score (nSPS) is 9.65. The van der Waals surface area contributed by atoms with Gasteiger partial charge in [-0.15, -0.1) is 0 Å². The van der Waals surface area contributed by atoms with Crippen LogP contribution in [0, 0.1) is 6.07 Å². The number of benzene rings is 1. The first kappa shape index (κ1) is 15.7. The zero-order valence-corrected chi connectivity index (χ0v) is 11.1. The van der Waals surface area contributed by atoms with E-state index in [1.165, 1.54) is 24.3 Å². The highest BCUT2D eigenvalue weighted by Gasteiger charge is 2.14. The molecule has 1 radical (unpaired) electrons. The third-order valence-electron chi connectivity index (χ3n) is 2.27. The summed E-state index contributed by atoms with van der Waals surface area (Å²) in [5.41, 5.74) is 6.40. The summed E-state index contributed by atoms with van der Waals surface area (Å²) in [6, 6.07) is 5.71. The van der Waals surface area contributed by atoms with Gasteiger partial charge in [-0.05, 0) is 17.7 Å². The third-order valence-corrected chi connectivity index (χ3v) is 2.27. The zero-order chi connectivity index (χ0) is 15.0. The fourth-order valence-corrected chi connectivity index (χ4v) is 1.39. The highest BCUT2D eigenvalue weighted by atomic mass is 16.5. The van der Waals surface area contributed by atoms with Crippen LogP contribution in [0.15, 0.2) is 37.4 Å². The molecular weight excluding hydrogens is 258 g/mol. The summed E-state index contributed by atoms with van der Waals surface area (Å²) in [7, 11) is 0. The molecule has 105 valence electrons. The summed E-state index contributed by atoms with van der Waals surface area (Å²) in [4.78, 5) is 23.5. The minimum Gasteiger partial charge on any atom is -0.458 e. The van der Waals surface area contributed by atoms with Gasteiger partial charge < -0.3 is 15.2 Å². The van der Waals surface area contributed by atoms with Crippen LogP contribution in [0.3, 0.4) is 0 Å². The van der Waals surface area contributed by atoms with Gasteiger partial charge in [0.25, 0.3) is 0 Å². The summed E-state index contributed by atoms with van der Waals surface area (Å²) >= 11 is 0. The lowest BCUT2D eigenvalue weighted by molar-refractivity contribution is 0.0547. The van der Waals surface area contributed by atoms with Crippen LogP contribution >= 0.6 is 0 Å². The molecule has 0 aromatic heterocycles. The van der Waals surface area contributed by atoms with E-state index in [1.807, 2.05) is 0 Å². The van der Waals surface area contributed by atoms with Crippen molar-refractivity contribution in [1.29, 1.82) is 0 Å². The molecule has 0 saturated carbocycles. The van der Waals surface area contributed by atoms with Crippen molar-refractivity contribution in [3.8, 4) is 0 Å². The lowest BCUT2D eigenvalue weighted by atomic mass is 10.1. The van der Waals surface area contributed by atoms with Gasteiger partial charge in [0.05, 0.1) is 11.1 Å². The summed E-state index contributed by atoms with van der Waals surface area (Å²) in [6.45, 7) is 7.23. The molecular formula is C15H16NO4. The van der Waals surface area contributed by atoms with Crippen molar-refractivity contribution in [3.63, 3.8) is 0 Å². The number of ether oxygens (including phenoxy) is 2. The quantitative estimate of drug-likeness (QED) is 0.604. The Hall–Kier alpha value is -2.40. The van der Waals surface area contributed by atoms with Crippen molar-refractivity contribution in [2.45, 2.75) is 6.54 Å². The fraction of sp³-hybridized carbons (Fsp3) is 0.200. The van der Waals surface area contributed by atoms with Gasteiger partial charge in [0.2, 0.25) is 0 Å². The summed E-state index contributed by atoms with van der Waals surface area (Å²) < 4.78 is 9.79. The Kier molecular flexibility index (Phi) is 6.19. The lowest BCUT2D eigenvalue weighted by Gasteiger charge is -2.07. The molecule has 1 aromatic carbocycles. The molecule has 2 N–H and O–H groups in total. The van der Waals surface area contributed by atoms with Gasteiger partial charge in [0.1, 0.15) is 13.2 Å². The molecule has 1 rings (SSSR count). The van der Waals surface area contributed by atoms with Gasteiger partial charge in [-0.3, -0.25) is 0 Å². The highest BCUT2D eigenvalue weighted by molar-refractivity contribution is 5.95. The molecule has 0 spiro atoms. The Morgan fingerprint density at radius 1 is 1.10 bits per heavy atom. The fourth-order valence-electron chi connectivity index (χ4n) is 1.39. The Bertz CT molecular complexity index is 480. The van der Waals surface area contributed by atoms with E-state index in [9.17, 15) is 9.59 Å². The van der Waals surface area contributed by atoms with Crippen LogP contribution in [0.25, 0.3) is 0 Å². The van der Waals surface area contributed by atoms with E-state index < -0.39 is 11.9 Å². The molecule has 0 heterocycles. The SMILES string of the molecule is C=CCOC(=O)c1[c]c(C(=O)OCC=C)cc(CN)c1. The average Bonchev–Trinajstić information content (AvgIpc) is 2.49. The Labute approximate surface area is 117 Å². The summed E-state index contributed by atoms with van der Waals surface area (Å²) in [5.74, 6) is -1.20. The van der Waals surface area contributed by atoms with E-state index in [-0.39, 0.29) is 30.9 Å². The maximum Gasteiger partial charge on any atom is 0.339 e. The van der Waals surface area contributed by atoms with Crippen molar-refractivity contribution < 1.29 is 19.1 Å². The monoisotopic (exact) mass is 274 g/mol. The second kappa shape index (κ2) is 7.91. The maximum absolute atomic E-state index is 11.8. The minimum atomic E-state index is -0.599. The van der Waals surface area contributed by atoms with Crippen LogP contribution in [0.2, 0.25) is 0 Å². The number of carbonyl (C=O) groups is 2. The van der Waals surface area contributed by atoms with Crippen LogP contribution in [0.1, 0.15) is 26.3 Å². The van der Waals surface area contributed by atoms with Crippen LogP contribution in [0.4, 0.5) is 0 Å². The van der Waals surface area contributed by atoms with E-state index in [0.717, 1.165) is 0 Å². The smallest absolute Gasteiger partial charge is 0.339 e. The van der Waals surface area contributed by atoms with Crippen LogP contribution < -0.4 is 5.73 Å². The van der Waals surface area contributed by atoms with Crippen LogP contribution in [-0.2, 0) is 16.0 Å². The van der Waals surface area contributed by atoms with Crippen molar-refractivity contribution >= 4 is 11.9 Å². The molecule has 0 saturated heterocycles. The molecule has 0 aliphatic heterocycles. The van der Waals surface area contributed by atoms with E-state index in [1.54, 1.807) is 0 Å². The third kappa shape index (κ3) is 4.37. The number of nitrogens with two attached hydrogens (primary N) is 1. The number of hydrogen-bond acceptors (Lipinski definition) is 5. The molecule has 0 aliphatic rings. The average molecular weight is 274 g/mol. The topological polar surface area (TPSA) is 78.6 Å². The molecule has 0 atom stereocenters. The molecule has 0 bridgehead atoms. The predicted octanol–water partition coefficient (Wildman–Crippen LogP) is 1.63. The maximum atomic E-state index is 11.8. The van der Waals surface area contributed by atoms with Crippen molar-refractivity contribution in [1.82, 2.24) is 0 Å². The lowest BCUT2D eigenvalue weighted by Crippen LogP contribution is -2.12. The molecule has 0 fully saturated rings. The van der Waals surface area contributed by atoms with E-state index >= 15 is 0 Å². The summed E-state index contributed by atoms with van der Waals surface area (Å²) in [6.07, 6.45) is 2.90. The molecule has 0 amide bonds. The Morgan fingerprint density at radius 3 is 1.90 bits per heavy atom. The number of rotatable bonds is 7. The van der Waals surface area contributed by atoms with E-state index in [2.05, 4.69) is 19.2 Å². The van der Waals surface area contributed by atoms with Crippen LogP contribution in [-0.4, -0.2) is 25.2 Å². The molecule has 5 nitrogen and oxygen atoms in total. The molecule has 1 aromatic rings. The molecule has 5 heteroatoms. The first-order valence-corrected chi connectivity index (χ1v) is 5.94. The van der Waals surface area contributed by atoms with E-state index in [4.69, 9.17) is 15.2 Å². The molecule has 0 unspecified atom stereocenters. The zero-order valence-electron chi connectivity index (χ0n) is 11.1. The van der Waals surface area contributed by atoms with Gasteiger partial charge in [-0.2, -0.15) is 0 Å². The Balaban J connectivity index is 3.01. The minimum absolute atomic E-state index is 0.0791. The van der Waals surface area contributed by atoms with Crippen molar-refractivity contribution in [2.75, 3.05) is 13.2 Å². The standard InChI is InChI=1S/C15H16NO4/c1-3-5-19-14(17)12-7-11(10-16)8-13(9-12)15(18)20-6-4-2/h3-4,7-8H,1-2,5-6,10,16H2. The first-order valence-electron chi connectivity index (χ1n) is 5.94. The largest absolute Gasteiger partial charge is 0.458 e. The van der Waals surface area contributed by atoms with Crippen molar-refractivity contribution in [2.24, 2.45) is 5.73 Å². The second-order valence-corrected chi connectivity index (χ2v) is 3.79. The van der Waals surface area contributed by atoms with Gasteiger partial charge in [0.15, 0.2) is 0 Å². The van der Waals surface area contributed by atoms with Crippen LogP contribution in [0.5, 0.6) is 0 Å². The molecule has 20 heavy (non-hydrogen) atoms. The molecule has 0 aliphatic carbocycles. The number of esters is 2. The summed E-state index contributed by atoms with van der Waals surface area (Å²) in [5, 5.41) is 0. The predicted molar refractivity (Wildman–Crippen MR) is 74.1 cm³/mol. The number of hydrogen-bond donors (Lipinski definition) is 1. The second-order valence-electron chi connectivity index (χ2n) is 3.79.